The number of sulfonamides is 1. The molecule has 0 bridgehead atoms. The van der Waals surface area contributed by atoms with Gasteiger partial charge in [-0.25, -0.2) is 8.42 Å². The standard InChI is InChI=1S/C23H32N2O4S/c1-7-20(18-11-14-22(29-5)17(4)15-18)24-23(26)21(8-2)25(30(6,27)28)19-12-9-16(3)10-13-19/h9-15,20-21H,7-8H2,1-6H3,(H,24,26)/t20-,21+/m1/s1. The van der Waals surface area contributed by atoms with E-state index < -0.39 is 16.1 Å². The number of benzene rings is 2. The van der Waals surface area contributed by atoms with Crippen molar-refractivity contribution in [2.24, 2.45) is 0 Å². The number of hydrogen-bond donors (Lipinski definition) is 1. The lowest BCUT2D eigenvalue weighted by Crippen LogP contribution is -2.50. The van der Waals surface area contributed by atoms with Crippen LogP contribution in [0.3, 0.4) is 0 Å². The van der Waals surface area contributed by atoms with Crippen LogP contribution in [0.5, 0.6) is 5.75 Å². The van der Waals surface area contributed by atoms with E-state index in [0.29, 0.717) is 18.5 Å². The van der Waals surface area contributed by atoms with Crippen LogP contribution in [0, 0.1) is 13.8 Å². The number of amides is 1. The van der Waals surface area contributed by atoms with Crippen molar-refractivity contribution in [2.45, 2.75) is 52.6 Å². The molecule has 1 N–H and O–H groups in total. The van der Waals surface area contributed by atoms with Crippen LogP contribution in [-0.4, -0.2) is 33.7 Å². The molecule has 0 saturated carbocycles. The maximum atomic E-state index is 13.2. The van der Waals surface area contributed by atoms with Crippen LogP contribution >= 0.6 is 0 Å². The van der Waals surface area contributed by atoms with Gasteiger partial charge < -0.3 is 10.1 Å². The van der Waals surface area contributed by atoms with E-state index in [1.54, 1.807) is 19.2 Å². The molecule has 0 heterocycles. The molecule has 0 aliphatic carbocycles. The SMILES string of the molecule is CC[C@@H](NC(=O)[C@H](CC)N(c1ccc(C)cc1)S(C)(=O)=O)c1ccc(OC)c(C)c1. The maximum Gasteiger partial charge on any atom is 0.244 e. The fourth-order valence-electron chi connectivity index (χ4n) is 3.56. The molecule has 2 aromatic carbocycles. The number of rotatable bonds is 9. The van der Waals surface area contributed by atoms with Crippen LogP contribution in [0.15, 0.2) is 42.5 Å². The molecule has 0 aliphatic heterocycles. The van der Waals surface area contributed by atoms with Gasteiger partial charge in [-0.3, -0.25) is 9.10 Å². The Morgan fingerprint density at radius 3 is 2.17 bits per heavy atom. The second-order valence-electron chi connectivity index (χ2n) is 7.52. The summed E-state index contributed by atoms with van der Waals surface area (Å²) in [5.41, 5.74) is 3.44. The number of carbonyl (C=O) groups is 1. The first-order chi connectivity index (χ1) is 14.1. The van der Waals surface area contributed by atoms with E-state index in [4.69, 9.17) is 4.74 Å². The predicted molar refractivity (Wildman–Crippen MR) is 121 cm³/mol. The highest BCUT2D eigenvalue weighted by molar-refractivity contribution is 7.92. The van der Waals surface area contributed by atoms with Crippen LogP contribution in [-0.2, 0) is 14.8 Å². The number of nitrogens with zero attached hydrogens (tertiary/aromatic N) is 1. The third-order valence-electron chi connectivity index (χ3n) is 5.16. The van der Waals surface area contributed by atoms with Crippen molar-refractivity contribution in [1.82, 2.24) is 5.32 Å². The average molecular weight is 433 g/mol. The van der Waals surface area contributed by atoms with Crippen LogP contribution in [0.2, 0.25) is 0 Å². The molecule has 0 spiro atoms. The summed E-state index contributed by atoms with van der Waals surface area (Å²) in [5, 5.41) is 3.05. The minimum atomic E-state index is -3.65. The van der Waals surface area contributed by atoms with Gasteiger partial charge in [0.25, 0.3) is 0 Å². The molecule has 0 aromatic heterocycles. The fourth-order valence-corrected chi connectivity index (χ4v) is 4.77. The Bertz CT molecular complexity index is 971. The van der Waals surface area contributed by atoms with Crippen LogP contribution in [0.25, 0.3) is 0 Å². The first kappa shape index (κ1) is 23.7. The topological polar surface area (TPSA) is 75.7 Å². The second kappa shape index (κ2) is 9.98. The summed E-state index contributed by atoms with van der Waals surface area (Å²) in [6, 6.07) is 11.9. The molecule has 164 valence electrons. The van der Waals surface area contributed by atoms with Crippen molar-refractivity contribution >= 4 is 21.6 Å². The highest BCUT2D eigenvalue weighted by atomic mass is 32.2. The largest absolute Gasteiger partial charge is 0.496 e. The summed E-state index contributed by atoms with van der Waals surface area (Å²) in [7, 11) is -2.03. The summed E-state index contributed by atoms with van der Waals surface area (Å²) in [6.45, 7) is 7.69. The first-order valence-electron chi connectivity index (χ1n) is 10.1. The Labute approximate surface area is 180 Å². The summed E-state index contributed by atoms with van der Waals surface area (Å²) in [4.78, 5) is 13.2. The third kappa shape index (κ3) is 5.53. The lowest BCUT2D eigenvalue weighted by atomic mass is 10.0. The van der Waals surface area contributed by atoms with Gasteiger partial charge in [-0.1, -0.05) is 43.7 Å². The van der Waals surface area contributed by atoms with Crippen LogP contribution < -0.4 is 14.4 Å². The van der Waals surface area contributed by atoms with Crippen molar-refractivity contribution in [3.05, 3.63) is 59.2 Å². The monoisotopic (exact) mass is 432 g/mol. The lowest BCUT2D eigenvalue weighted by molar-refractivity contribution is -0.123. The number of hydrogen-bond acceptors (Lipinski definition) is 4. The Morgan fingerprint density at radius 1 is 1.07 bits per heavy atom. The van der Waals surface area contributed by atoms with E-state index in [-0.39, 0.29) is 11.9 Å². The summed E-state index contributed by atoms with van der Waals surface area (Å²) >= 11 is 0. The van der Waals surface area contributed by atoms with Crippen molar-refractivity contribution in [2.75, 3.05) is 17.7 Å². The van der Waals surface area contributed by atoms with Gasteiger partial charge in [0.05, 0.1) is 25.1 Å². The number of nitrogens with one attached hydrogen (secondary N) is 1. The number of anilines is 1. The van der Waals surface area contributed by atoms with Gasteiger partial charge in [-0.05, 0) is 56.0 Å². The van der Waals surface area contributed by atoms with Gasteiger partial charge in [0.1, 0.15) is 11.8 Å². The van der Waals surface area contributed by atoms with Gasteiger partial charge in [0.2, 0.25) is 15.9 Å². The van der Waals surface area contributed by atoms with Crippen LogP contribution in [0.1, 0.15) is 49.4 Å². The summed E-state index contributed by atoms with van der Waals surface area (Å²) < 4.78 is 31.7. The normalized spacial score (nSPS) is 13.4. The molecule has 0 unspecified atom stereocenters. The molecule has 6 nitrogen and oxygen atoms in total. The Kier molecular flexibility index (Phi) is 7.89. The molecule has 2 rings (SSSR count). The molecular weight excluding hydrogens is 400 g/mol. The zero-order valence-electron chi connectivity index (χ0n) is 18.6. The molecule has 1 amide bonds. The molecule has 30 heavy (non-hydrogen) atoms. The van der Waals surface area contributed by atoms with E-state index >= 15 is 0 Å². The minimum absolute atomic E-state index is 0.226. The van der Waals surface area contributed by atoms with Gasteiger partial charge >= 0.3 is 0 Å². The number of ether oxygens (including phenoxy) is 1. The van der Waals surface area contributed by atoms with Gasteiger partial charge in [-0.2, -0.15) is 0 Å². The van der Waals surface area contributed by atoms with E-state index in [0.717, 1.165) is 28.7 Å². The van der Waals surface area contributed by atoms with E-state index in [2.05, 4.69) is 5.32 Å². The lowest BCUT2D eigenvalue weighted by Gasteiger charge is -2.31. The Morgan fingerprint density at radius 2 is 1.70 bits per heavy atom. The van der Waals surface area contributed by atoms with Gasteiger partial charge in [0, 0.05) is 0 Å². The molecule has 2 aromatic rings. The van der Waals surface area contributed by atoms with Crippen LogP contribution in [0.4, 0.5) is 5.69 Å². The highest BCUT2D eigenvalue weighted by Crippen LogP contribution is 2.26. The fraction of sp³-hybridized carbons (Fsp3) is 0.435. The van der Waals surface area contributed by atoms with Crippen molar-refractivity contribution in [3.63, 3.8) is 0 Å². The molecule has 0 fully saturated rings. The average Bonchev–Trinajstić information content (AvgIpc) is 2.70. The number of methoxy groups -OCH3 is 1. The third-order valence-corrected chi connectivity index (χ3v) is 6.34. The maximum absolute atomic E-state index is 13.2. The molecule has 0 saturated heterocycles. The Balaban J connectivity index is 2.34. The highest BCUT2D eigenvalue weighted by Gasteiger charge is 2.32. The predicted octanol–water partition coefficient (Wildman–Crippen LogP) is 4.12. The number of carbonyl (C=O) groups excluding carboxylic acids is 1. The van der Waals surface area contributed by atoms with E-state index in [9.17, 15) is 13.2 Å². The van der Waals surface area contributed by atoms with E-state index in [1.807, 2.05) is 58.0 Å². The van der Waals surface area contributed by atoms with Crippen molar-refractivity contribution in [1.29, 1.82) is 0 Å². The van der Waals surface area contributed by atoms with Gasteiger partial charge in [-0.15, -0.1) is 0 Å². The quantitative estimate of drug-likeness (QED) is 0.647. The zero-order valence-corrected chi connectivity index (χ0v) is 19.4. The molecule has 0 aliphatic rings. The Hall–Kier alpha value is -2.54. The molecule has 7 heteroatoms. The van der Waals surface area contributed by atoms with Crippen molar-refractivity contribution in [3.8, 4) is 5.75 Å². The van der Waals surface area contributed by atoms with E-state index in [1.165, 1.54) is 4.31 Å². The summed E-state index contributed by atoms with van der Waals surface area (Å²) in [5.74, 6) is 0.470. The second-order valence-corrected chi connectivity index (χ2v) is 9.38. The molecule has 2 atom stereocenters. The molecular formula is C23H32N2O4S. The smallest absolute Gasteiger partial charge is 0.244 e. The molecule has 0 radical (unpaired) electrons. The van der Waals surface area contributed by atoms with Crippen molar-refractivity contribution < 1.29 is 17.9 Å². The minimum Gasteiger partial charge on any atom is -0.496 e. The zero-order chi connectivity index (χ0) is 22.5. The van der Waals surface area contributed by atoms with Gasteiger partial charge in [0.15, 0.2) is 0 Å². The summed E-state index contributed by atoms with van der Waals surface area (Å²) in [6.07, 6.45) is 2.16. The first-order valence-corrected chi connectivity index (χ1v) is 12.0. The number of aryl methyl sites for hydroxylation is 2.